The maximum absolute atomic E-state index is 12.0. The Bertz CT molecular complexity index is 501. The molecule has 0 spiro atoms. The van der Waals surface area contributed by atoms with E-state index in [0.29, 0.717) is 12.1 Å². The standard InChI is InChI=1S/C14H28N2O4S3/c17-22(18,11-13-7-3-1-4-8-13)15-21-16-23(19,20)12-14-9-5-2-6-10-14/h13-16H,1-12H2. The Hall–Kier alpha value is 0.170. The van der Waals surface area contributed by atoms with Gasteiger partial charge in [-0.3, -0.25) is 0 Å². The minimum atomic E-state index is -3.45. The molecule has 6 nitrogen and oxygen atoms in total. The SMILES string of the molecule is O=S(=O)(CC1CCCCC1)NSNS(=O)(=O)CC1CCCCC1. The summed E-state index contributed by atoms with van der Waals surface area (Å²) < 4.78 is 52.6. The Kier molecular flexibility index (Phi) is 7.65. The van der Waals surface area contributed by atoms with Crippen molar-refractivity contribution in [1.82, 2.24) is 8.25 Å². The van der Waals surface area contributed by atoms with Crippen molar-refractivity contribution in [3.8, 4) is 0 Å². The summed E-state index contributed by atoms with van der Waals surface area (Å²) in [6, 6.07) is 0. The first-order valence-electron chi connectivity index (χ1n) is 8.51. The van der Waals surface area contributed by atoms with Crippen molar-refractivity contribution < 1.29 is 16.8 Å². The highest BCUT2D eigenvalue weighted by Crippen LogP contribution is 2.26. The van der Waals surface area contributed by atoms with Crippen molar-refractivity contribution in [2.45, 2.75) is 64.2 Å². The van der Waals surface area contributed by atoms with Gasteiger partial charge < -0.3 is 0 Å². The normalized spacial score (nSPS) is 22.3. The summed E-state index contributed by atoms with van der Waals surface area (Å²) in [5.74, 6) is 0.565. The van der Waals surface area contributed by atoms with E-state index < -0.39 is 20.0 Å². The summed E-state index contributed by atoms with van der Waals surface area (Å²) in [6.45, 7) is 0. The maximum Gasteiger partial charge on any atom is 0.222 e. The zero-order valence-corrected chi connectivity index (χ0v) is 15.9. The lowest BCUT2D eigenvalue weighted by Crippen LogP contribution is -2.32. The highest BCUT2D eigenvalue weighted by Gasteiger charge is 2.24. The summed E-state index contributed by atoms with van der Waals surface area (Å²) >= 11 is 0.568. The van der Waals surface area contributed by atoms with Crippen LogP contribution < -0.4 is 8.25 Å². The molecule has 2 aliphatic rings. The molecule has 0 atom stereocenters. The average Bonchev–Trinajstić information content (AvgIpc) is 2.47. The molecule has 0 radical (unpaired) electrons. The van der Waals surface area contributed by atoms with Gasteiger partial charge in [0.2, 0.25) is 20.0 Å². The molecule has 0 aliphatic heterocycles. The number of hydrogen-bond acceptors (Lipinski definition) is 5. The third kappa shape index (κ3) is 7.72. The van der Waals surface area contributed by atoms with Crippen molar-refractivity contribution in [2.75, 3.05) is 11.5 Å². The molecule has 2 N–H and O–H groups in total. The third-order valence-electron chi connectivity index (χ3n) is 4.70. The van der Waals surface area contributed by atoms with Gasteiger partial charge in [0.25, 0.3) is 0 Å². The van der Waals surface area contributed by atoms with Crippen LogP contribution >= 0.6 is 12.1 Å². The molecule has 23 heavy (non-hydrogen) atoms. The smallest absolute Gasteiger partial charge is 0.212 e. The second-order valence-corrected chi connectivity index (χ2v) is 11.5. The molecule has 0 amide bonds. The summed E-state index contributed by atoms with van der Waals surface area (Å²) in [5, 5.41) is 0. The summed E-state index contributed by atoms with van der Waals surface area (Å²) in [7, 11) is -6.90. The van der Waals surface area contributed by atoms with E-state index in [-0.39, 0.29) is 23.3 Å². The fraction of sp³-hybridized carbons (Fsp3) is 1.00. The van der Waals surface area contributed by atoms with Gasteiger partial charge in [-0.05, 0) is 37.5 Å². The van der Waals surface area contributed by atoms with Gasteiger partial charge in [-0.1, -0.05) is 38.5 Å². The number of nitrogens with one attached hydrogen (secondary N) is 2. The molecule has 136 valence electrons. The average molecular weight is 385 g/mol. The van der Waals surface area contributed by atoms with Crippen LogP contribution in [0, 0.1) is 11.8 Å². The van der Waals surface area contributed by atoms with Gasteiger partial charge in [-0.25, -0.2) is 16.8 Å². The monoisotopic (exact) mass is 384 g/mol. The van der Waals surface area contributed by atoms with Crippen molar-refractivity contribution in [1.29, 1.82) is 0 Å². The zero-order valence-electron chi connectivity index (χ0n) is 13.5. The van der Waals surface area contributed by atoms with Crippen molar-refractivity contribution in [3.63, 3.8) is 0 Å². The first-order chi connectivity index (χ1) is 10.9. The predicted octanol–water partition coefficient (Wildman–Crippen LogP) is 2.55. The number of hydrogen-bond donors (Lipinski definition) is 2. The summed E-state index contributed by atoms with van der Waals surface area (Å²) in [6.07, 6.45) is 10.5. The lowest BCUT2D eigenvalue weighted by Gasteiger charge is -2.22. The molecule has 2 saturated carbocycles. The quantitative estimate of drug-likeness (QED) is 0.628. The van der Waals surface area contributed by atoms with Gasteiger partial charge >= 0.3 is 0 Å². The minimum absolute atomic E-state index is 0.0877. The Morgan fingerprint density at radius 3 is 1.35 bits per heavy atom. The molecule has 0 bridgehead atoms. The van der Waals surface area contributed by atoms with Gasteiger partial charge in [0.1, 0.15) is 0 Å². The second-order valence-electron chi connectivity index (χ2n) is 6.84. The molecule has 0 aromatic carbocycles. The molecule has 0 aromatic rings. The molecular formula is C14H28N2O4S3. The second kappa shape index (κ2) is 9.03. The lowest BCUT2D eigenvalue weighted by molar-refractivity contribution is 0.384. The first kappa shape index (κ1) is 19.5. The molecule has 2 aliphatic carbocycles. The van der Waals surface area contributed by atoms with Crippen LogP contribution in [0.25, 0.3) is 0 Å². The van der Waals surface area contributed by atoms with E-state index in [4.69, 9.17) is 0 Å². The molecule has 0 unspecified atom stereocenters. The van der Waals surface area contributed by atoms with Crippen LogP contribution in [0.1, 0.15) is 64.2 Å². The Morgan fingerprint density at radius 1 is 0.652 bits per heavy atom. The number of sulfonamides is 2. The fourth-order valence-electron chi connectivity index (χ4n) is 3.54. The molecule has 0 saturated heterocycles. The van der Waals surface area contributed by atoms with E-state index in [1.807, 2.05) is 0 Å². The van der Waals surface area contributed by atoms with E-state index in [0.717, 1.165) is 51.4 Å². The highest BCUT2D eigenvalue weighted by atomic mass is 32.3. The minimum Gasteiger partial charge on any atom is -0.212 e. The Balaban J connectivity index is 1.71. The fourth-order valence-corrected chi connectivity index (χ4v) is 7.45. The molecule has 0 aromatic heterocycles. The lowest BCUT2D eigenvalue weighted by atomic mass is 9.91. The van der Waals surface area contributed by atoms with Crippen molar-refractivity contribution >= 4 is 32.2 Å². The summed E-state index contributed by atoms with van der Waals surface area (Å²) in [5.41, 5.74) is 0. The Morgan fingerprint density at radius 2 is 1.00 bits per heavy atom. The molecule has 0 heterocycles. The molecule has 2 rings (SSSR count). The van der Waals surface area contributed by atoms with Crippen LogP contribution in [0.15, 0.2) is 0 Å². The van der Waals surface area contributed by atoms with Gasteiger partial charge in [0.05, 0.1) is 11.5 Å². The predicted molar refractivity (Wildman–Crippen MR) is 94.6 cm³/mol. The van der Waals surface area contributed by atoms with E-state index in [1.165, 1.54) is 12.8 Å². The van der Waals surface area contributed by atoms with Crippen LogP contribution in [-0.4, -0.2) is 28.3 Å². The van der Waals surface area contributed by atoms with Gasteiger partial charge in [0, 0.05) is 12.1 Å². The van der Waals surface area contributed by atoms with Crippen LogP contribution in [0.3, 0.4) is 0 Å². The van der Waals surface area contributed by atoms with E-state index in [2.05, 4.69) is 8.25 Å². The van der Waals surface area contributed by atoms with E-state index in [1.54, 1.807) is 0 Å². The molecule has 2 fully saturated rings. The number of rotatable bonds is 8. The maximum atomic E-state index is 12.0. The van der Waals surface area contributed by atoms with Crippen molar-refractivity contribution in [3.05, 3.63) is 0 Å². The third-order valence-corrected chi connectivity index (χ3v) is 9.22. The Labute approximate surface area is 144 Å². The van der Waals surface area contributed by atoms with Gasteiger partial charge in [0.15, 0.2) is 0 Å². The van der Waals surface area contributed by atoms with Crippen LogP contribution in [0.2, 0.25) is 0 Å². The van der Waals surface area contributed by atoms with Crippen LogP contribution in [-0.2, 0) is 20.0 Å². The zero-order chi connectivity index (χ0) is 16.8. The van der Waals surface area contributed by atoms with Crippen molar-refractivity contribution in [2.24, 2.45) is 11.8 Å². The van der Waals surface area contributed by atoms with E-state index >= 15 is 0 Å². The molecular weight excluding hydrogens is 356 g/mol. The topological polar surface area (TPSA) is 92.3 Å². The van der Waals surface area contributed by atoms with E-state index in [9.17, 15) is 16.8 Å². The largest absolute Gasteiger partial charge is 0.222 e. The first-order valence-corrected chi connectivity index (χ1v) is 12.6. The molecule has 9 heteroatoms. The highest BCUT2D eigenvalue weighted by molar-refractivity contribution is 8.14. The van der Waals surface area contributed by atoms with Gasteiger partial charge in [-0.15, -0.1) is 8.25 Å². The van der Waals surface area contributed by atoms with Gasteiger partial charge in [-0.2, -0.15) is 0 Å². The van der Waals surface area contributed by atoms with Crippen LogP contribution in [0.5, 0.6) is 0 Å². The summed E-state index contributed by atoms with van der Waals surface area (Å²) in [4.78, 5) is 0. The van der Waals surface area contributed by atoms with Crippen LogP contribution in [0.4, 0.5) is 0 Å².